The van der Waals surface area contributed by atoms with Gasteiger partial charge in [-0.25, -0.2) is 0 Å². The Hall–Kier alpha value is -0.930. The molecule has 0 saturated carbocycles. The van der Waals surface area contributed by atoms with E-state index in [2.05, 4.69) is 0 Å². The van der Waals surface area contributed by atoms with Crippen molar-refractivity contribution >= 4 is 12.4 Å². The van der Waals surface area contributed by atoms with Gasteiger partial charge >= 0.3 is 0 Å². The van der Waals surface area contributed by atoms with E-state index in [1.807, 2.05) is 18.2 Å². The van der Waals surface area contributed by atoms with E-state index in [0.717, 1.165) is 36.5 Å². The molecule has 2 N–H and O–H groups in total. The summed E-state index contributed by atoms with van der Waals surface area (Å²) in [7, 11) is 1.66. The Bertz CT molecular complexity index is 330. The maximum absolute atomic E-state index is 6.03. The fraction of sp³-hybridized carbons (Fsp3) is 0.455. The van der Waals surface area contributed by atoms with Crippen molar-refractivity contribution < 1.29 is 9.47 Å². The van der Waals surface area contributed by atoms with Crippen molar-refractivity contribution in [2.24, 2.45) is 5.73 Å². The lowest BCUT2D eigenvalue weighted by molar-refractivity contribution is 0.315. The molecular weight excluding hydrogens is 214 g/mol. The molecule has 15 heavy (non-hydrogen) atoms. The second-order valence-electron chi connectivity index (χ2n) is 3.50. The van der Waals surface area contributed by atoms with Crippen LogP contribution in [-0.2, 0) is 0 Å². The summed E-state index contributed by atoms with van der Waals surface area (Å²) in [5.74, 6) is 1.74. The number of fused-ring (bicyclic) bond motifs is 1. The Morgan fingerprint density at radius 1 is 1.47 bits per heavy atom. The lowest BCUT2D eigenvalue weighted by Crippen LogP contribution is -2.09. The van der Waals surface area contributed by atoms with Gasteiger partial charge in [0.1, 0.15) is 11.5 Å². The standard InChI is InChI=1S/C11H15NO2.ClH/c1-13-8-4-5-11-9(7-8)10(12)3-2-6-14-11;/h4-5,7,10H,2-3,6,12H2,1H3;1H. The number of ether oxygens (including phenoxy) is 2. The van der Waals surface area contributed by atoms with Crippen LogP contribution >= 0.6 is 12.4 Å². The third-order valence-corrected chi connectivity index (χ3v) is 2.53. The zero-order valence-corrected chi connectivity index (χ0v) is 9.55. The highest BCUT2D eigenvalue weighted by atomic mass is 35.5. The Kier molecular flexibility index (Phi) is 4.24. The van der Waals surface area contributed by atoms with Crippen LogP contribution in [0.5, 0.6) is 11.5 Å². The molecule has 0 amide bonds. The van der Waals surface area contributed by atoms with Crippen LogP contribution < -0.4 is 15.2 Å². The number of methoxy groups -OCH3 is 1. The molecule has 1 aliphatic rings. The number of rotatable bonds is 1. The molecule has 3 nitrogen and oxygen atoms in total. The highest BCUT2D eigenvalue weighted by molar-refractivity contribution is 5.85. The minimum absolute atomic E-state index is 0. The molecule has 0 aliphatic carbocycles. The first-order valence-corrected chi connectivity index (χ1v) is 4.87. The maximum Gasteiger partial charge on any atom is 0.124 e. The van der Waals surface area contributed by atoms with Crippen molar-refractivity contribution in [3.8, 4) is 11.5 Å². The summed E-state index contributed by atoms with van der Waals surface area (Å²) in [6, 6.07) is 5.87. The highest BCUT2D eigenvalue weighted by Crippen LogP contribution is 2.32. The lowest BCUT2D eigenvalue weighted by atomic mass is 10.0. The molecule has 0 radical (unpaired) electrons. The van der Waals surface area contributed by atoms with E-state index < -0.39 is 0 Å². The molecule has 4 heteroatoms. The minimum atomic E-state index is 0. The van der Waals surface area contributed by atoms with Gasteiger partial charge in [0, 0.05) is 11.6 Å². The molecule has 1 atom stereocenters. The molecule has 0 fully saturated rings. The van der Waals surface area contributed by atoms with Gasteiger partial charge in [0.05, 0.1) is 13.7 Å². The number of hydrogen-bond donors (Lipinski definition) is 1. The topological polar surface area (TPSA) is 44.5 Å². The third-order valence-electron chi connectivity index (χ3n) is 2.53. The van der Waals surface area contributed by atoms with Crippen LogP contribution in [0.3, 0.4) is 0 Å². The summed E-state index contributed by atoms with van der Waals surface area (Å²) in [6.07, 6.45) is 1.98. The van der Waals surface area contributed by atoms with E-state index in [-0.39, 0.29) is 18.4 Å². The van der Waals surface area contributed by atoms with Gasteiger partial charge in [-0.05, 0) is 31.0 Å². The van der Waals surface area contributed by atoms with Crippen LogP contribution in [0.2, 0.25) is 0 Å². The van der Waals surface area contributed by atoms with Crippen molar-refractivity contribution in [3.63, 3.8) is 0 Å². The van der Waals surface area contributed by atoms with Crippen LogP contribution in [0, 0.1) is 0 Å². The van der Waals surface area contributed by atoms with Gasteiger partial charge in [-0.3, -0.25) is 0 Å². The summed E-state index contributed by atoms with van der Waals surface area (Å²) in [5.41, 5.74) is 7.09. The van der Waals surface area contributed by atoms with Gasteiger partial charge in [0.15, 0.2) is 0 Å². The third kappa shape index (κ3) is 2.55. The first-order chi connectivity index (χ1) is 6.81. The van der Waals surface area contributed by atoms with Gasteiger partial charge in [0.2, 0.25) is 0 Å². The molecule has 1 aromatic carbocycles. The molecule has 0 aromatic heterocycles. The van der Waals surface area contributed by atoms with E-state index in [0.29, 0.717) is 0 Å². The van der Waals surface area contributed by atoms with Crippen LogP contribution in [0.4, 0.5) is 0 Å². The van der Waals surface area contributed by atoms with Crippen molar-refractivity contribution in [1.82, 2.24) is 0 Å². The van der Waals surface area contributed by atoms with Gasteiger partial charge in [-0.2, -0.15) is 0 Å². The second-order valence-corrected chi connectivity index (χ2v) is 3.50. The van der Waals surface area contributed by atoms with Gasteiger partial charge < -0.3 is 15.2 Å². The predicted molar refractivity (Wildman–Crippen MR) is 61.9 cm³/mol. The average molecular weight is 230 g/mol. The molecule has 1 aliphatic heterocycles. The van der Waals surface area contributed by atoms with Gasteiger partial charge in [-0.15, -0.1) is 12.4 Å². The summed E-state index contributed by atoms with van der Waals surface area (Å²) in [4.78, 5) is 0. The molecular formula is C11H16ClNO2. The van der Waals surface area contributed by atoms with Crippen LogP contribution in [0.25, 0.3) is 0 Å². The van der Waals surface area contributed by atoms with E-state index >= 15 is 0 Å². The number of hydrogen-bond acceptors (Lipinski definition) is 3. The summed E-state index contributed by atoms with van der Waals surface area (Å²) >= 11 is 0. The van der Waals surface area contributed by atoms with E-state index in [9.17, 15) is 0 Å². The fourth-order valence-corrected chi connectivity index (χ4v) is 1.72. The van der Waals surface area contributed by atoms with Crippen molar-refractivity contribution in [3.05, 3.63) is 23.8 Å². The van der Waals surface area contributed by atoms with Crippen LogP contribution in [0.15, 0.2) is 18.2 Å². The molecule has 0 spiro atoms. The predicted octanol–water partition coefficient (Wildman–Crippen LogP) is 2.29. The lowest BCUT2D eigenvalue weighted by Gasteiger charge is -2.12. The van der Waals surface area contributed by atoms with Crippen molar-refractivity contribution in [2.45, 2.75) is 18.9 Å². The Morgan fingerprint density at radius 3 is 3.00 bits per heavy atom. The number of halogens is 1. The Balaban J connectivity index is 0.00000112. The monoisotopic (exact) mass is 229 g/mol. The normalized spacial score (nSPS) is 19.2. The number of benzene rings is 1. The highest BCUT2D eigenvalue weighted by Gasteiger charge is 2.16. The molecule has 0 saturated heterocycles. The Morgan fingerprint density at radius 2 is 2.27 bits per heavy atom. The summed E-state index contributed by atoms with van der Waals surface area (Å²) < 4.78 is 10.7. The SMILES string of the molecule is COc1ccc2c(c1)C(N)CCCO2.Cl. The van der Waals surface area contributed by atoms with Crippen LogP contribution in [-0.4, -0.2) is 13.7 Å². The van der Waals surface area contributed by atoms with E-state index in [4.69, 9.17) is 15.2 Å². The van der Waals surface area contributed by atoms with Gasteiger partial charge in [0.25, 0.3) is 0 Å². The molecule has 1 heterocycles. The summed E-state index contributed by atoms with van der Waals surface area (Å²) in [5, 5.41) is 0. The maximum atomic E-state index is 6.03. The van der Waals surface area contributed by atoms with E-state index in [1.54, 1.807) is 7.11 Å². The molecule has 1 unspecified atom stereocenters. The molecule has 2 rings (SSSR count). The fourth-order valence-electron chi connectivity index (χ4n) is 1.72. The average Bonchev–Trinajstić information content (AvgIpc) is 2.40. The summed E-state index contributed by atoms with van der Waals surface area (Å²) in [6.45, 7) is 0.757. The van der Waals surface area contributed by atoms with Crippen LogP contribution in [0.1, 0.15) is 24.4 Å². The Labute approximate surface area is 96.0 Å². The zero-order valence-electron chi connectivity index (χ0n) is 8.73. The van der Waals surface area contributed by atoms with Crippen molar-refractivity contribution in [2.75, 3.05) is 13.7 Å². The first-order valence-electron chi connectivity index (χ1n) is 4.87. The second kappa shape index (κ2) is 5.24. The minimum Gasteiger partial charge on any atom is -0.497 e. The zero-order chi connectivity index (χ0) is 9.97. The smallest absolute Gasteiger partial charge is 0.124 e. The molecule has 1 aromatic rings. The number of nitrogens with two attached hydrogens (primary N) is 1. The van der Waals surface area contributed by atoms with Crippen molar-refractivity contribution in [1.29, 1.82) is 0 Å². The largest absolute Gasteiger partial charge is 0.497 e. The molecule has 0 bridgehead atoms. The quantitative estimate of drug-likeness (QED) is 0.804. The first kappa shape index (κ1) is 12.1. The molecule has 84 valence electrons. The van der Waals surface area contributed by atoms with E-state index in [1.165, 1.54) is 0 Å². The van der Waals surface area contributed by atoms with Gasteiger partial charge in [-0.1, -0.05) is 0 Å².